The zero-order valence-corrected chi connectivity index (χ0v) is 6.49. The molecule has 0 aliphatic carbocycles. The van der Waals surface area contributed by atoms with E-state index in [0.717, 1.165) is 19.6 Å². The summed E-state index contributed by atoms with van der Waals surface area (Å²) in [7, 11) is 0. The average molecular weight is 147 g/mol. The molecule has 2 atom stereocenters. The van der Waals surface area contributed by atoms with Gasteiger partial charge in [0.25, 0.3) is 0 Å². The van der Waals surface area contributed by atoms with Gasteiger partial charge in [-0.2, -0.15) is 11.8 Å². The van der Waals surface area contributed by atoms with E-state index in [1.54, 1.807) is 0 Å². The van der Waals surface area contributed by atoms with Crippen LogP contribution in [0.15, 0.2) is 0 Å². The van der Waals surface area contributed by atoms with Crippen molar-refractivity contribution in [3.8, 4) is 0 Å². The van der Waals surface area contributed by atoms with Crippen LogP contribution in [0.3, 0.4) is 0 Å². The highest BCUT2D eigenvalue weighted by Crippen LogP contribution is 2.17. The predicted molar refractivity (Wildman–Crippen MR) is 40.7 cm³/mol. The first kappa shape index (κ1) is 7.38. The van der Waals surface area contributed by atoms with Crippen LogP contribution in [0, 0.1) is 0 Å². The van der Waals surface area contributed by atoms with Gasteiger partial charge in [0.2, 0.25) is 0 Å². The minimum atomic E-state index is 0.258. The summed E-state index contributed by atoms with van der Waals surface area (Å²) >= 11 is 1.85. The first-order chi connectivity index (χ1) is 4.34. The van der Waals surface area contributed by atoms with Crippen LogP contribution in [0.4, 0.5) is 0 Å². The van der Waals surface area contributed by atoms with Crippen LogP contribution in [0.1, 0.15) is 6.42 Å². The first-order valence-corrected chi connectivity index (χ1v) is 4.49. The summed E-state index contributed by atoms with van der Waals surface area (Å²) in [6, 6.07) is 0.258. The van der Waals surface area contributed by atoms with E-state index in [1.165, 1.54) is 0 Å². The van der Waals surface area contributed by atoms with Gasteiger partial charge in [-0.15, -0.1) is 0 Å². The smallest absolute Gasteiger partial charge is 0.0628 e. The quantitative estimate of drug-likeness (QED) is 0.585. The molecule has 1 fully saturated rings. The summed E-state index contributed by atoms with van der Waals surface area (Å²) < 4.78 is 5.18. The van der Waals surface area contributed by atoms with Crippen LogP contribution >= 0.6 is 11.8 Å². The fourth-order valence-electron chi connectivity index (χ4n) is 1.03. The summed E-state index contributed by atoms with van der Waals surface area (Å²) in [5.41, 5.74) is 5.74. The number of ether oxygens (including phenoxy) is 1. The lowest BCUT2D eigenvalue weighted by atomic mass is 10.1. The zero-order valence-electron chi connectivity index (χ0n) is 5.67. The third-order valence-electron chi connectivity index (χ3n) is 1.64. The van der Waals surface area contributed by atoms with Crippen LogP contribution in [0.2, 0.25) is 0 Å². The first-order valence-electron chi connectivity index (χ1n) is 3.20. The molecular formula is C6H13NOS. The molecule has 2 N–H and O–H groups in total. The molecule has 0 radical (unpaired) electrons. The Morgan fingerprint density at radius 1 is 1.67 bits per heavy atom. The van der Waals surface area contributed by atoms with E-state index in [0.29, 0.717) is 5.25 Å². The van der Waals surface area contributed by atoms with Gasteiger partial charge in [-0.3, -0.25) is 0 Å². The molecule has 1 heterocycles. The van der Waals surface area contributed by atoms with Crippen molar-refractivity contribution >= 4 is 11.8 Å². The fourth-order valence-corrected chi connectivity index (χ4v) is 1.79. The van der Waals surface area contributed by atoms with Gasteiger partial charge in [0.05, 0.1) is 6.61 Å². The molecule has 1 aliphatic rings. The molecule has 54 valence electrons. The van der Waals surface area contributed by atoms with Crippen molar-refractivity contribution in [1.29, 1.82) is 0 Å². The minimum absolute atomic E-state index is 0.258. The van der Waals surface area contributed by atoms with E-state index in [2.05, 4.69) is 6.26 Å². The number of hydrogen-bond donors (Lipinski definition) is 1. The highest BCUT2D eigenvalue weighted by atomic mass is 32.2. The Hall–Kier alpha value is 0.270. The standard InChI is InChI=1S/C6H13NOS/c1-9-6-2-3-8-4-5(6)7/h5-6H,2-4,7H2,1H3. The van der Waals surface area contributed by atoms with Gasteiger partial charge in [0, 0.05) is 17.9 Å². The topological polar surface area (TPSA) is 35.2 Å². The molecule has 0 aromatic carbocycles. The SMILES string of the molecule is CSC1CCOCC1N. The van der Waals surface area contributed by atoms with Crippen molar-refractivity contribution in [2.45, 2.75) is 17.7 Å². The Morgan fingerprint density at radius 3 is 2.89 bits per heavy atom. The van der Waals surface area contributed by atoms with Gasteiger partial charge in [0.1, 0.15) is 0 Å². The molecule has 3 heteroatoms. The maximum Gasteiger partial charge on any atom is 0.0628 e. The van der Waals surface area contributed by atoms with E-state index in [4.69, 9.17) is 10.5 Å². The van der Waals surface area contributed by atoms with Crippen molar-refractivity contribution in [2.75, 3.05) is 19.5 Å². The van der Waals surface area contributed by atoms with Gasteiger partial charge < -0.3 is 10.5 Å². The highest BCUT2D eigenvalue weighted by molar-refractivity contribution is 7.99. The van der Waals surface area contributed by atoms with E-state index in [1.807, 2.05) is 11.8 Å². The molecule has 2 nitrogen and oxygen atoms in total. The molecule has 0 saturated carbocycles. The summed E-state index contributed by atoms with van der Waals surface area (Å²) in [5.74, 6) is 0. The number of rotatable bonds is 1. The van der Waals surface area contributed by atoms with Crippen LogP contribution in [-0.4, -0.2) is 30.8 Å². The third kappa shape index (κ3) is 1.85. The Morgan fingerprint density at radius 2 is 2.44 bits per heavy atom. The van der Waals surface area contributed by atoms with Crippen LogP contribution in [0.25, 0.3) is 0 Å². The molecule has 2 unspecified atom stereocenters. The molecule has 1 saturated heterocycles. The average Bonchev–Trinajstić information content (AvgIpc) is 1.89. The zero-order chi connectivity index (χ0) is 6.69. The van der Waals surface area contributed by atoms with Crippen LogP contribution in [-0.2, 0) is 4.74 Å². The Bertz CT molecular complexity index is 89.1. The minimum Gasteiger partial charge on any atom is -0.380 e. The summed E-state index contributed by atoms with van der Waals surface area (Å²) in [6.45, 7) is 1.63. The normalized spacial score (nSPS) is 36.7. The van der Waals surface area contributed by atoms with Crippen molar-refractivity contribution in [3.05, 3.63) is 0 Å². The molecule has 0 amide bonds. The van der Waals surface area contributed by atoms with E-state index < -0.39 is 0 Å². The maximum absolute atomic E-state index is 5.74. The lowest BCUT2D eigenvalue weighted by molar-refractivity contribution is 0.0858. The van der Waals surface area contributed by atoms with Crippen molar-refractivity contribution in [3.63, 3.8) is 0 Å². The predicted octanol–water partition coefficient (Wildman–Crippen LogP) is 0.466. The monoisotopic (exact) mass is 147 g/mol. The van der Waals surface area contributed by atoms with Gasteiger partial charge >= 0.3 is 0 Å². The van der Waals surface area contributed by atoms with Gasteiger partial charge in [-0.1, -0.05) is 0 Å². The lowest BCUT2D eigenvalue weighted by Crippen LogP contribution is -2.41. The molecule has 0 aromatic rings. The second-order valence-electron chi connectivity index (χ2n) is 2.30. The summed E-state index contributed by atoms with van der Waals surface area (Å²) in [5, 5.41) is 0.624. The third-order valence-corrected chi connectivity index (χ3v) is 2.83. The van der Waals surface area contributed by atoms with E-state index in [-0.39, 0.29) is 6.04 Å². The van der Waals surface area contributed by atoms with Crippen LogP contribution < -0.4 is 5.73 Å². The van der Waals surface area contributed by atoms with Gasteiger partial charge in [-0.25, -0.2) is 0 Å². The molecule has 0 bridgehead atoms. The Labute approximate surface area is 60.1 Å². The van der Waals surface area contributed by atoms with Gasteiger partial charge in [-0.05, 0) is 12.7 Å². The molecule has 1 rings (SSSR count). The summed E-state index contributed by atoms with van der Waals surface area (Å²) in [6.07, 6.45) is 3.22. The summed E-state index contributed by atoms with van der Waals surface area (Å²) in [4.78, 5) is 0. The highest BCUT2D eigenvalue weighted by Gasteiger charge is 2.20. The van der Waals surface area contributed by atoms with Gasteiger partial charge in [0.15, 0.2) is 0 Å². The van der Waals surface area contributed by atoms with E-state index >= 15 is 0 Å². The molecule has 1 aliphatic heterocycles. The van der Waals surface area contributed by atoms with E-state index in [9.17, 15) is 0 Å². The maximum atomic E-state index is 5.74. The largest absolute Gasteiger partial charge is 0.380 e. The van der Waals surface area contributed by atoms with Crippen molar-refractivity contribution in [1.82, 2.24) is 0 Å². The lowest BCUT2D eigenvalue weighted by Gasteiger charge is -2.26. The van der Waals surface area contributed by atoms with Crippen molar-refractivity contribution in [2.24, 2.45) is 5.73 Å². The molecule has 9 heavy (non-hydrogen) atoms. The Kier molecular flexibility index (Phi) is 2.82. The van der Waals surface area contributed by atoms with Crippen molar-refractivity contribution < 1.29 is 4.74 Å². The second-order valence-corrected chi connectivity index (χ2v) is 3.38. The number of thioether (sulfide) groups is 1. The molecule has 0 aromatic heterocycles. The number of hydrogen-bond acceptors (Lipinski definition) is 3. The molecular weight excluding hydrogens is 134 g/mol. The van der Waals surface area contributed by atoms with Crippen LogP contribution in [0.5, 0.6) is 0 Å². The molecule has 0 spiro atoms. The Balaban J connectivity index is 2.30. The second kappa shape index (κ2) is 3.44. The fraction of sp³-hybridized carbons (Fsp3) is 1.00. The number of nitrogens with two attached hydrogens (primary N) is 1.